The Balaban J connectivity index is 1.22. The standard InChI is InChI=1S/C26H26F2N4O/c1-15-22-4-2-3-5-24(22)30-31(15)14-19-12-23(17-8-16(19)9-17)26(33)32-25(6-7-29-32)18-10-20(27)13-21(28)11-18/h2-5,7,10-11,13,16-17,19,23,25H,6,8-9,12,14H2,1H3/t16?,17?,19-,23-,25?/m0/s1. The fourth-order valence-corrected chi connectivity index (χ4v) is 6.11. The molecule has 1 aliphatic heterocycles. The van der Waals surface area contributed by atoms with Crippen LogP contribution in [-0.2, 0) is 11.3 Å². The van der Waals surface area contributed by atoms with Gasteiger partial charge in [-0.05, 0) is 67.7 Å². The quantitative estimate of drug-likeness (QED) is 0.548. The lowest BCUT2D eigenvalue weighted by Gasteiger charge is -2.51. The summed E-state index contributed by atoms with van der Waals surface area (Å²) in [7, 11) is 0. The molecule has 1 amide bonds. The Morgan fingerprint density at radius 1 is 1.06 bits per heavy atom. The van der Waals surface area contributed by atoms with Crippen LogP contribution in [0.25, 0.3) is 10.9 Å². The van der Waals surface area contributed by atoms with Crippen LogP contribution >= 0.6 is 0 Å². The molecular formula is C26H26F2N4O. The van der Waals surface area contributed by atoms with E-state index in [4.69, 9.17) is 5.10 Å². The zero-order valence-electron chi connectivity index (χ0n) is 18.5. The third kappa shape index (κ3) is 3.45. The van der Waals surface area contributed by atoms with E-state index < -0.39 is 17.7 Å². The topological polar surface area (TPSA) is 50.5 Å². The number of hydrogen-bond acceptors (Lipinski definition) is 3. The van der Waals surface area contributed by atoms with Crippen LogP contribution in [0.2, 0.25) is 0 Å². The van der Waals surface area contributed by atoms with Gasteiger partial charge in [0.25, 0.3) is 0 Å². The van der Waals surface area contributed by atoms with Gasteiger partial charge in [-0.15, -0.1) is 0 Å². The second-order valence-electron chi connectivity index (χ2n) is 9.81. The molecule has 4 aliphatic rings. The molecule has 2 aromatic carbocycles. The summed E-state index contributed by atoms with van der Waals surface area (Å²) in [6.07, 6.45) is 5.06. The van der Waals surface area contributed by atoms with E-state index in [0.29, 0.717) is 29.7 Å². The van der Waals surface area contributed by atoms with Gasteiger partial charge in [0.05, 0.1) is 11.6 Å². The lowest BCUT2D eigenvalue weighted by molar-refractivity contribution is -0.147. The van der Waals surface area contributed by atoms with Crippen LogP contribution in [0.1, 0.15) is 43.0 Å². The highest BCUT2D eigenvalue weighted by Crippen LogP contribution is 2.53. The molecule has 3 aliphatic carbocycles. The molecule has 1 unspecified atom stereocenters. The van der Waals surface area contributed by atoms with E-state index in [1.54, 1.807) is 6.21 Å². The third-order valence-corrected chi connectivity index (χ3v) is 7.96. The highest BCUT2D eigenvalue weighted by Gasteiger charge is 2.50. The molecule has 0 N–H and O–H groups in total. The molecule has 0 radical (unpaired) electrons. The Morgan fingerprint density at radius 3 is 2.58 bits per heavy atom. The molecule has 1 aromatic heterocycles. The summed E-state index contributed by atoms with van der Waals surface area (Å²) in [6, 6.07) is 11.2. The summed E-state index contributed by atoms with van der Waals surface area (Å²) in [5, 5.41) is 11.8. The first-order valence-corrected chi connectivity index (χ1v) is 11.7. The zero-order valence-corrected chi connectivity index (χ0v) is 18.5. The predicted molar refractivity (Wildman–Crippen MR) is 121 cm³/mol. The predicted octanol–water partition coefficient (Wildman–Crippen LogP) is 5.24. The maximum atomic E-state index is 13.8. The van der Waals surface area contributed by atoms with E-state index >= 15 is 0 Å². The number of hydrazone groups is 1. The van der Waals surface area contributed by atoms with Crippen molar-refractivity contribution in [3.8, 4) is 0 Å². The number of carbonyl (C=O) groups excluding carboxylic acids is 1. The Hall–Kier alpha value is -3.09. The molecule has 3 saturated carbocycles. The summed E-state index contributed by atoms with van der Waals surface area (Å²) in [5.41, 5.74) is 2.62. The van der Waals surface area contributed by atoms with Gasteiger partial charge in [-0.25, -0.2) is 13.8 Å². The molecule has 0 saturated heterocycles. The van der Waals surface area contributed by atoms with Gasteiger partial charge >= 0.3 is 0 Å². The van der Waals surface area contributed by atoms with Crippen LogP contribution in [0.5, 0.6) is 0 Å². The average molecular weight is 449 g/mol. The Kier molecular flexibility index (Phi) is 4.82. The van der Waals surface area contributed by atoms with Crippen LogP contribution in [0, 0.1) is 42.2 Å². The average Bonchev–Trinajstić information content (AvgIpc) is 3.37. The molecule has 0 spiro atoms. The van der Waals surface area contributed by atoms with Crippen LogP contribution in [-0.4, -0.2) is 26.9 Å². The van der Waals surface area contributed by atoms with E-state index in [2.05, 4.69) is 22.8 Å². The van der Waals surface area contributed by atoms with Gasteiger partial charge in [0, 0.05) is 42.2 Å². The first-order chi connectivity index (χ1) is 16.0. The fraction of sp³-hybridized carbons (Fsp3) is 0.423. The number of amides is 1. The number of carbonyl (C=O) groups is 1. The SMILES string of the molecule is Cc1c2ccccc2nn1C[C@@H]1C[C@H](C(=O)N2N=CCC2c2cc(F)cc(F)c2)C2CC1C2. The molecule has 3 aromatic rings. The van der Waals surface area contributed by atoms with Crippen LogP contribution in [0.15, 0.2) is 47.6 Å². The number of hydrogen-bond donors (Lipinski definition) is 0. The van der Waals surface area contributed by atoms with Gasteiger partial charge in [0.15, 0.2) is 0 Å². The molecule has 7 heteroatoms. The fourth-order valence-electron chi connectivity index (χ4n) is 6.11. The number of fused-ring (bicyclic) bond motifs is 3. The van der Waals surface area contributed by atoms with Crippen LogP contribution in [0.3, 0.4) is 0 Å². The maximum absolute atomic E-state index is 13.8. The Labute approximate surface area is 191 Å². The minimum absolute atomic E-state index is 0.0195. The molecule has 2 heterocycles. The zero-order chi connectivity index (χ0) is 22.7. The number of aromatic nitrogens is 2. The summed E-state index contributed by atoms with van der Waals surface area (Å²) in [6.45, 7) is 2.91. The summed E-state index contributed by atoms with van der Waals surface area (Å²) in [4.78, 5) is 13.6. The number of nitrogens with zero attached hydrogens (tertiary/aromatic N) is 4. The van der Waals surface area contributed by atoms with Gasteiger partial charge < -0.3 is 0 Å². The second kappa shape index (κ2) is 7.75. The molecule has 170 valence electrons. The third-order valence-electron chi connectivity index (χ3n) is 7.96. The molecule has 3 fully saturated rings. The molecule has 2 bridgehead atoms. The van der Waals surface area contributed by atoms with Gasteiger partial charge in [-0.1, -0.05) is 18.2 Å². The molecule has 5 nitrogen and oxygen atoms in total. The smallest absolute Gasteiger partial charge is 0.246 e. The number of halogens is 2. The van der Waals surface area contributed by atoms with Crippen molar-refractivity contribution in [2.45, 2.75) is 45.2 Å². The normalized spacial score (nSPS) is 28.3. The van der Waals surface area contributed by atoms with E-state index in [9.17, 15) is 13.6 Å². The van der Waals surface area contributed by atoms with Gasteiger partial charge in [0.1, 0.15) is 11.6 Å². The van der Waals surface area contributed by atoms with Crippen molar-refractivity contribution in [2.75, 3.05) is 0 Å². The Bertz CT molecular complexity index is 1240. The summed E-state index contributed by atoms with van der Waals surface area (Å²) >= 11 is 0. The lowest BCUT2D eigenvalue weighted by Crippen LogP contribution is -2.49. The lowest BCUT2D eigenvalue weighted by atomic mass is 9.55. The van der Waals surface area contributed by atoms with Crippen molar-refractivity contribution in [3.63, 3.8) is 0 Å². The van der Waals surface area contributed by atoms with Gasteiger partial charge in [0.2, 0.25) is 5.91 Å². The highest BCUT2D eigenvalue weighted by atomic mass is 19.1. The van der Waals surface area contributed by atoms with Crippen LogP contribution in [0.4, 0.5) is 8.78 Å². The second-order valence-corrected chi connectivity index (χ2v) is 9.81. The number of rotatable bonds is 4. The van der Waals surface area contributed by atoms with Crippen molar-refractivity contribution in [1.29, 1.82) is 0 Å². The minimum Gasteiger partial charge on any atom is -0.273 e. The molecule has 3 atom stereocenters. The van der Waals surface area contributed by atoms with Gasteiger partial charge in [-0.3, -0.25) is 9.48 Å². The Morgan fingerprint density at radius 2 is 1.82 bits per heavy atom. The van der Waals surface area contributed by atoms with Crippen molar-refractivity contribution >= 4 is 23.0 Å². The minimum atomic E-state index is -0.633. The first kappa shape index (κ1) is 20.5. The van der Waals surface area contributed by atoms with Crippen molar-refractivity contribution in [3.05, 3.63) is 65.4 Å². The van der Waals surface area contributed by atoms with E-state index in [1.165, 1.54) is 22.5 Å². The van der Waals surface area contributed by atoms with E-state index in [0.717, 1.165) is 43.1 Å². The highest BCUT2D eigenvalue weighted by molar-refractivity contribution is 5.83. The molecule has 33 heavy (non-hydrogen) atoms. The summed E-state index contributed by atoms with van der Waals surface area (Å²) < 4.78 is 29.7. The maximum Gasteiger partial charge on any atom is 0.246 e. The summed E-state index contributed by atoms with van der Waals surface area (Å²) in [5.74, 6) is -0.0150. The molecule has 7 rings (SSSR count). The van der Waals surface area contributed by atoms with E-state index in [1.807, 2.05) is 18.2 Å². The van der Waals surface area contributed by atoms with Crippen molar-refractivity contribution in [2.24, 2.45) is 28.8 Å². The largest absolute Gasteiger partial charge is 0.273 e. The number of aryl methyl sites for hydroxylation is 1. The van der Waals surface area contributed by atoms with Crippen LogP contribution < -0.4 is 0 Å². The first-order valence-electron chi connectivity index (χ1n) is 11.7. The monoisotopic (exact) mass is 448 g/mol. The van der Waals surface area contributed by atoms with Gasteiger partial charge in [-0.2, -0.15) is 10.2 Å². The van der Waals surface area contributed by atoms with E-state index in [-0.39, 0.29) is 11.8 Å². The van der Waals surface area contributed by atoms with Crippen molar-refractivity contribution in [1.82, 2.24) is 14.8 Å². The molecular weight excluding hydrogens is 422 g/mol. The van der Waals surface area contributed by atoms with Crippen molar-refractivity contribution < 1.29 is 13.6 Å². The number of benzene rings is 2.